The number of allylic oxidation sites excluding steroid dienone is 5. The van der Waals surface area contributed by atoms with Gasteiger partial charge in [0, 0.05) is 33.2 Å². The Labute approximate surface area is 257 Å². The lowest BCUT2D eigenvalue weighted by Crippen LogP contribution is -2.31. The molecule has 0 atom stereocenters. The molecule has 0 N–H and O–H groups in total. The third-order valence-corrected chi connectivity index (χ3v) is 9.68. The van der Waals surface area contributed by atoms with Crippen LogP contribution < -0.4 is 10.6 Å². The van der Waals surface area contributed by atoms with Gasteiger partial charge in [-0.05, 0) is 120 Å². The van der Waals surface area contributed by atoms with Crippen LogP contribution in [0.15, 0.2) is 115 Å². The average Bonchev–Trinajstić information content (AvgIpc) is 3.61. The molecular weight excluding hydrogens is 532 g/mol. The summed E-state index contributed by atoms with van der Waals surface area (Å²) in [7, 11) is 0. The van der Waals surface area contributed by atoms with Crippen molar-refractivity contribution in [2.45, 2.75) is 38.5 Å². The van der Waals surface area contributed by atoms with Gasteiger partial charge in [0.1, 0.15) is 0 Å². The summed E-state index contributed by atoms with van der Waals surface area (Å²) in [6.07, 6.45) is 23.0. The maximum absolute atomic E-state index is 2.50. The SMILES string of the molecule is C1=CCCC(c2ccc3c(c2)c2cc(-c4ccccc4)ccc2n3-c2cccc(-n3c4c(c5c3=CCCC=5)CCC=C4)c2)=C1. The Morgan fingerprint density at radius 1 is 0.545 bits per heavy atom. The Balaban J connectivity index is 1.28. The van der Waals surface area contributed by atoms with Crippen LogP contribution in [-0.2, 0) is 6.42 Å². The fourth-order valence-corrected chi connectivity index (χ4v) is 7.62. The quantitative estimate of drug-likeness (QED) is 0.201. The summed E-state index contributed by atoms with van der Waals surface area (Å²) in [5, 5.41) is 5.41. The highest BCUT2D eigenvalue weighted by molar-refractivity contribution is 6.11. The van der Waals surface area contributed by atoms with E-state index >= 15 is 0 Å². The molecule has 44 heavy (non-hydrogen) atoms. The topological polar surface area (TPSA) is 9.86 Å². The van der Waals surface area contributed by atoms with Crippen molar-refractivity contribution in [1.29, 1.82) is 0 Å². The molecule has 3 aliphatic rings. The van der Waals surface area contributed by atoms with Crippen molar-refractivity contribution < 1.29 is 0 Å². The fourth-order valence-electron chi connectivity index (χ4n) is 7.62. The van der Waals surface area contributed by atoms with E-state index in [1.807, 2.05) is 0 Å². The number of aromatic nitrogens is 2. The molecule has 4 aromatic carbocycles. The molecule has 2 nitrogen and oxygen atoms in total. The molecule has 0 radical (unpaired) electrons. The fraction of sp³-hybridized carbons (Fsp3) is 0.143. The van der Waals surface area contributed by atoms with E-state index in [0.717, 1.165) is 38.5 Å². The van der Waals surface area contributed by atoms with E-state index in [-0.39, 0.29) is 0 Å². The standard InChI is InChI=1S/C42H34N2/c1-3-12-29(13-4-1)31-22-24-41-37(26-31)38-27-32(30-14-5-2-6-15-30)23-25-42(38)44(41)34-17-11-16-33(28-34)43-39-20-9-7-18-35(39)36-19-8-10-21-40(36)43/h1-5,9,11-14,16-17,19-28H,6-8,10,15,18H2. The molecule has 2 heteroatoms. The van der Waals surface area contributed by atoms with Crippen molar-refractivity contribution in [1.82, 2.24) is 9.13 Å². The minimum absolute atomic E-state index is 1.09. The molecule has 0 saturated heterocycles. The number of benzene rings is 4. The van der Waals surface area contributed by atoms with Gasteiger partial charge in [0.15, 0.2) is 0 Å². The van der Waals surface area contributed by atoms with E-state index < -0.39 is 0 Å². The van der Waals surface area contributed by atoms with Crippen LogP contribution >= 0.6 is 0 Å². The lowest BCUT2D eigenvalue weighted by molar-refractivity contribution is 0.947. The molecule has 0 bridgehead atoms. The number of rotatable bonds is 4. The first-order valence-corrected chi connectivity index (χ1v) is 16.0. The van der Waals surface area contributed by atoms with Gasteiger partial charge >= 0.3 is 0 Å². The van der Waals surface area contributed by atoms with Crippen LogP contribution in [0.5, 0.6) is 0 Å². The maximum Gasteiger partial charge on any atom is 0.0541 e. The van der Waals surface area contributed by atoms with Gasteiger partial charge in [-0.1, -0.05) is 85.0 Å². The molecule has 2 heterocycles. The number of hydrogen-bond acceptors (Lipinski definition) is 0. The molecule has 9 rings (SSSR count). The van der Waals surface area contributed by atoms with Crippen molar-refractivity contribution in [2.24, 2.45) is 0 Å². The summed E-state index contributed by atoms with van der Waals surface area (Å²) in [6.45, 7) is 0. The molecule has 0 spiro atoms. The zero-order chi connectivity index (χ0) is 29.0. The molecule has 6 aromatic rings. The number of nitrogens with zero attached hydrogens (tertiary/aromatic N) is 2. The second-order valence-corrected chi connectivity index (χ2v) is 12.3. The van der Waals surface area contributed by atoms with E-state index in [2.05, 4.69) is 143 Å². The van der Waals surface area contributed by atoms with Crippen LogP contribution in [0.1, 0.15) is 48.9 Å². The second kappa shape index (κ2) is 10.3. The van der Waals surface area contributed by atoms with Gasteiger partial charge in [-0.25, -0.2) is 0 Å². The van der Waals surface area contributed by atoms with Crippen LogP contribution in [0.3, 0.4) is 0 Å². The second-order valence-electron chi connectivity index (χ2n) is 12.3. The van der Waals surface area contributed by atoms with E-state index in [9.17, 15) is 0 Å². The molecule has 0 aliphatic heterocycles. The van der Waals surface area contributed by atoms with Gasteiger partial charge < -0.3 is 9.13 Å². The largest absolute Gasteiger partial charge is 0.310 e. The number of hydrogen-bond donors (Lipinski definition) is 0. The summed E-state index contributed by atoms with van der Waals surface area (Å²) in [4.78, 5) is 0. The highest BCUT2D eigenvalue weighted by Crippen LogP contribution is 2.37. The Morgan fingerprint density at radius 2 is 1.30 bits per heavy atom. The molecular formula is C42H34N2. The summed E-state index contributed by atoms with van der Waals surface area (Å²) >= 11 is 0. The van der Waals surface area contributed by atoms with E-state index in [1.54, 1.807) is 0 Å². The molecule has 0 fully saturated rings. The van der Waals surface area contributed by atoms with Crippen molar-refractivity contribution in [2.75, 3.05) is 0 Å². The third-order valence-electron chi connectivity index (χ3n) is 9.68. The van der Waals surface area contributed by atoms with Gasteiger partial charge in [0.2, 0.25) is 0 Å². The summed E-state index contributed by atoms with van der Waals surface area (Å²) < 4.78 is 4.97. The zero-order valence-corrected chi connectivity index (χ0v) is 24.8. The van der Waals surface area contributed by atoms with E-state index in [4.69, 9.17) is 0 Å². The highest BCUT2D eigenvalue weighted by Gasteiger charge is 2.19. The van der Waals surface area contributed by atoms with Gasteiger partial charge in [-0.15, -0.1) is 0 Å². The van der Waals surface area contributed by atoms with Gasteiger partial charge in [0.25, 0.3) is 0 Å². The van der Waals surface area contributed by atoms with Gasteiger partial charge in [0.05, 0.1) is 11.0 Å². The maximum atomic E-state index is 2.50. The first-order valence-electron chi connectivity index (χ1n) is 16.0. The Hall–Kier alpha value is -5.08. The van der Waals surface area contributed by atoms with Crippen molar-refractivity contribution in [3.05, 3.63) is 143 Å². The smallest absolute Gasteiger partial charge is 0.0541 e. The highest BCUT2D eigenvalue weighted by atomic mass is 15.0. The normalized spacial score (nSPS) is 15.5. The monoisotopic (exact) mass is 566 g/mol. The third kappa shape index (κ3) is 4.02. The lowest BCUT2D eigenvalue weighted by Gasteiger charge is -2.15. The minimum Gasteiger partial charge on any atom is -0.310 e. The predicted octanol–water partition coefficient (Wildman–Crippen LogP) is 9.29. The molecule has 3 aliphatic carbocycles. The first kappa shape index (κ1) is 25.4. The Kier molecular flexibility index (Phi) is 5.94. The Morgan fingerprint density at radius 3 is 2.11 bits per heavy atom. The van der Waals surface area contributed by atoms with E-state index in [0.29, 0.717) is 0 Å². The molecule has 0 amide bonds. The Bertz CT molecular complexity index is 2320. The average molecular weight is 567 g/mol. The van der Waals surface area contributed by atoms with Crippen molar-refractivity contribution >= 4 is 45.6 Å². The minimum atomic E-state index is 1.09. The van der Waals surface area contributed by atoms with Crippen LogP contribution in [0, 0.1) is 0 Å². The first-order chi connectivity index (χ1) is 21.8. The zero-order valence-electron chi connectivity index (χ0n) is 24.8. The lowest BCUT2D eigenvalue weighted by atomic mass is 9.95. The van der Waals surface area contributed by atoms with Crippen LogP contribution in [0.4, 0.5) is 0 Å². The van der Waals surface area contributed by atoms with E-state index in [1.165, 1.54) is 77.3 Å². The van der Waals surface area contributed by atoms with Crippen LogP contribution in [0.25, 0.3) is 68.1 Å². The van der Waals surface area contributed by atoms with Gasteiger partial charge in [-0.3, -0.25) is 0 Å². The molecule has 212 valence electrons. The predicted molar refractivity (Wildman–Crippen MR) is 187 cm³/mol. The summed E-state index contributed by atoms with van der Waals surface area (Å²) in [5.74, 6) is 0. The van der Waals surface area contributed by atoms with Crippen LogP contribution in [-0.4, -0.2) is 9.13 Å². The summed E-state index contributed by atoms with van der Waals surface area (Å²) in [6, 6.07) is 34.0. The molecule has 2 aromatic heterocycles. The van der Waals surface area contributed by atoms with Crippen molar-refractivity contribution in [3.8, 4) is 22.5 Å². The molecule has 0 saturated carbocycles. The van der Waals surface area contributed by atoms with Crippen molar-refractivity contribution in [3.63, 3.8) is 0 Å². The van der Waals surface area contributed by atoms with Crippen LogP contribution in [0.2, 0.25) is 0 Å². The molecule has 0 unspecified atom stereocenters. The van der Waals surface area contributed by atoms with Gasteiger partial charge in [-0.2, -0.15) is 0 Å². The summed E-state index contributed by atoms with van der Waals surface area (Å²) in [5.41, 5.74) is 13.0. The number of fused-ring (bicyclic) bond motifs is 6.